The maximum absolute atomic E-state index is 12.3. The first kappa shape index (κ1) is 19.2. The highest BCUT2D eigenvalue weighted by Gasteiger charge is 2.18. The van der Waals surface area contributed by atoms with Crippen molar-refractivity contribution < 1.29 is 4.74 Å². The Morgan fingerprint density at radius 1 is 1.30 bits per heavy atom. The lowest BCUT2D eigenvalue weighted by Gasteiger charge is -2.14. The van der Waals surface area contributed by atoms with Crippen LogP contribution in [0.1, 0.15) is 16.7 Å². The van der Waals surface area contributed by atoms with Gasteiger partial charge in [0.2, 0.25) is 0 Å². The van der Waals surface area contributed by atoms with Crippen LogP contribution in [-0.2, 0) is 6.61 Å². The number of nitrogens with zero attached hydrogens (tertiary/aromatic N) is 2. The van der Waals surface area contributed by atoms with Crippen LogP contribution in [-0.4, -0.2) is 16.2 Å². The van der Waals surface area contributed by atoms with Crippen molar-refractivity contribution in [3.8, 4) is 23.1 Å². The molecule has 3 aromatic rings. The van der Waals surface area contributed by atoms with E-state index in [1.165, 1.54) is 11.8 Å². The minimum atomic E-state index is -0.461. The molecule has 0 aliphatic carbocycles. The second-order valence-electron chi connectivity index (χ2n) is 5.77. The molecule has 2 aromatic carbocycles. The van der Waals surface area contributed by atoms with Crippen LogP contribution in [0, 0.1) is 18.3 Å². The van der Waals surface area contributed by atoms with E-state index >= 15 is 0 Å². The quantitative estimate of drug-likeness (QED) is 0.459. The van der Waals surface area contributed by atoms with Gasteiger partial charge < -0.3 is 9.72 Å². The number of nitrogens with one attached hydrogen (secondary N) is 1. The molecule has 0 saturated heterocycles. The van der Waals surface area contributed by atoms with Gasteiger partial charge >= 0.3 is 0 Å². The molecule has 1 aromatic heterocycles. The van der Waals surface area contributed by atoms with Gasteiger partial charge in [0.25, 0.3) is 5.56 Å². The van der Waals surface area contributed by atoms with E-state index in [0.717, 1.165) is 15.6 Å². The summed E-state index contributed by atoms with van der Waals surface area (Å²) >= 11 is 4.75. The Morgan fingerprint density at radius 2 is 2.07 bits per heavy atom. The third-order valence-corrected chi connectivity index (χ3v) is 5.12. The number of aromatic nitrogens is 2. The van der Waals surface area contributed by atoms with Crippen molar-refractivity contribution >= 4 is 27.7 Å². The lowest BCUT2D eigenvalue weighted by atomic mass is 10.1. The molecular formula is C20H16BrN3O2S. The Kier molecular flexibility index (Phi) is 5.99. The molecule has 0 amide bonds. The van der Waals surface area contributed by atoms with E-state index in [2.05, 4.69) is 25.9 Å². The van der Waals surface area contributed by atoms with Crippen molar-refractivity contribution in [2.75, 3.05) is 6.26 Å². The molecule has 0 fully saturated rings. The van der Waals surface area contributed by atoms with Crippen LogP contribution in [0.4, 0.5) is 0 Å². The van der Waals surface area contributed by atoms with E-state index in [4.69, 9.17) is 4.74 Å². The Hall–Kier alpha value is -2.56. The Balaban J connectivity index is 2.08. The number of H-pyrrole nitrogens is 1. The van der Waals surface area contributed by atoms with Gasteiger partial charge in [-0.1, -0.05) is 52.0 Å². The summed E-state index contributed by atoms with van der Waals surface area (Å²) in [6.07, 6.45) is 1.81. The van der Waals surface area contributed by atoms with Crippen LogP contribution in [0.15, 0.2) is 56.9 Å². The monoisotopic (exact) mass is 441 g/mol. The van der Waals surface area contributed by atoms with E-state index in [1.807, 2.05) is 49.6 Å². The molecule has 0 atom stereocenters. The molecule has 0 aliphatic rings. The maximum atomic E-state index is 12.3. The molecular weight excluding hydrogens is 426 g/mol. The number of aryl methyl sites for hydroxylation is 1. The van der Waals surface area contributed by atoms with Crippen LogP contribution >= 0.6 is 27.7 Å². The van der Waals surface area contributed by atoms with Gasteiger partial charge in [0.05, 0.1) is 0 Å². The van der Waals surface area contributed by atoms with Gasteiger partial charge in [-0.2, -0.15) is 5.26 Å². The summed E-state index contributed by atoms with van der Waals surface area (Å²) in [4.78, 5) is 19.3. The van der Waals surface area contributed by atoms with Gasteiger partial charge in [-0.05, 0) is 42.5 Å². The van der Waals surface area contributed by atoms with Gasteiger partial charge in [-0.3, -0.25) is 4.79 Å². The van der Waals surface area contributed by atoms with Crippen LogP contribution < -0.4 is 10.3 Å². The Labute approximate surface area is 169 Å². The Bertz CT molecular complexity index is 1090. The first-order valence-electron chi connectivity index (χ1n) is 8.09. The molecule has 0 unspecified atom stereocenters. The molecule has 136 valence electrons. The number of hydrogen-bond acceptors (Lipinski definition) is 5. The number of halogens is 1. The average Bonchev–Trinajstić information content (AvgIpc) is 2.67. The minimum absolute atomic E-state index is 0.0355. The van der Waals surface area contributed by atoms with Gasteiger partial charge in [-0.15, -0.1) is 0 Å². The highest BCUT2D eigenvalue weighted by molar-refractivity contribution is 9.10. The Morgan fingerprint density at radius 3 is 2.78 bits per heavy atom. The highest BCUT2D eigenvalue weighted by Crippen LogP contribution is 2.34. The number of hydrogen-bond donors (Lipinski definition) is 1. The third kappa shape index (κ3) is 4.24. The summed E-state index contributed by atoms with van der Waals surface area (Å²) in [6.45, 7) is 2.40. The highest BCUT2D eigenvalue weighted by atomic mass is 79.9. The molecule has 1 heterocycles. The van der Waals surface area contributed by atoms with Gasteiger partial charge in [0, 0.05) is 10.0 Å². The summed E-state index contributed by atoms with van der Waals surface area (Å²) in [5.41, 5.74) is 2.61. The average molecular weight is 442 g/mol. The van der Waals surface area contributed by atoms with Gasteiger partial charge in [-0.25, -0.2) is 4.98 Å². The molecule has 0 saturated carbocycles. The molecule has 7 heteroatoms. The smallest absolute Gasteiger partial charge is 0.270 e. The number of rotatable bonds is 5. The maximum Gasteiger partial charge on any atom is 0.270 e. The molecule has 0 radical (unpaired) electrons. The van der Waals surface area contributed by atoms with Crippen LogP contribution in [0.25, 0.3) is 11.3 Å². The van der Waals surface area contributed by atoms with Crippen molar-refractivity contribution in [1.29, 1.82) is 5.26 Å². The number of ether oxygens (including phenoxy) is 1. The fourth-order valence-corrected chi connectivity index (χ4v) is 3.33. The van der Waals surface area contributed by atoms with Gasteiger partial charge in [0.15, 0.2) is 5.16 Å². The summed E-state index contributed by atoms with van der Waals surface area (Å²) in [6, 6.07) is 15.4. The van der Waals surface area contributed by atoms with Crippen LogP contribution in [0.2, 0.25) is 0 Å². The van der Waals surface area contributed by atoms with Crippen LogP contribution in [0.5, 0.6) is 5.75 Å². The van der Waals surface area contributed by atoms with E-state index in [1.54, 1.807) is 12.1 Å². The van der Waals surface area contributed by atoms with Crippen molar-refractivity contribution in [2.24, 2.45) is 0 Å². The zero-order valence-electron chi connectivity index (χ0n) is 14.7. The van der Waals surface area contributed by atoms with Crippen molar-refractivity contribution in [3.05, 3.63) is 74.0 Å². The van der Waals surface area contributed by atoms with Crippen molar-refractivity contribution in [2.45, 2.75) is 18.7 Å². The summed E-state index contributed by atoms with van der Waals surface area (Å²) in [7, 11) is 0. The normalized spacial score (nSPS) is 10.4. The predicted octanol–water partition coefficient (Wildman–Crippen LogP) is 4.68. The van der Waals surface area contributed by atoms with E-state index < -0.39 is 5.56 Å². The standard InChI is InChI=1S/C20H16BrN3O2S/c1-12-5-3-4-6-13(12)11-26-17-8-7-14(21)9-15(17)18-16(10-22)19(25)24-20(23-18)27-2/h3-9H,11H2,1-2H3,(H,23,24,25). The summed E-state index contributed by atoms with van der Waals surface area (Å²) < 4.78 is 6.84. The lowest BCUT2D eigenvalue weighted by Crippen LogP contribution is -2.15. The number of thioether (sulfide) groups is 1. The van der Waals surface area contributed by atoms with E-state index in [-0.39, 0.29) is 5.56 Å². The molecule has 1 N–H and O–H groups in total. The summed E-state index contributed by atoms with van der Waals surface area (Å²) in [5, 5.41) is 9.90. The third-order valence-electron chi connectivity index (χ3n) is 4.04. The SMILES string of the molecule is CSc1nc(-c2cc(Br)ccc2OCc2ccccc2C)c(C#N)c(=O)[nH]1. The molecule has 3 rings (SSSR count). The zero-order valence-corrected chi connectivity index (χ0v) is 17.1. The summed E-state index contributed by atoms with van der Waals surface area (Å²) in [5.74, 6) is 0.558. The number of nitriles is 1. The molecule has 0 aliphatic heterocycles. The predicted molar refractivity (Wildman–Crippen MR) is 110 cm³/mol. The molecule has 5 nitrogen and oxygen atoms in total. The number of aromatic amines is 1. The minimum Gasteiger partial charge on any atom is -0.488 e. The lowest BCUT2D eigenvalue weighted by molar-refractivity contribution is 0.306. The second-order valence-corrected chi connectivity index (χ2v) is 7.48. The zero-order chi connectivity index (χ0) is 19.4. The largest absolute Gasteiger partial charge is 0.488 e. The first-order chi connectivity index (χ1) is 13.0. The van der Waals surface area contributed by atoms with E-state index in [0.29, 0.717) is 28.8 Å². The van der Waals surface area contributed by atoms with Crippen LogP contribution in [0.3, 0.4) is 0 Å². The van der Waals surface area contributed by atoms with Gasteiger partial charge in [0.1, 0.15) is 29.7 Å². The fraction of sp³-hybridized carbons (Fsp3) is 0.150. The van der Waals surface area contributed by atoms with Crippen molar-refractivity contribution in [3.63, 3.8) is 0 Å². The molecule has 27 heavy (non-hydrogen) atoms. The number of benzene rings is 2. The fourth-order valence-electron chi connectivity index (χ4n) is 2.59. The molecule has 0 bridgehead atoms. The topological polar surface area (TPSA) is 78.8 Å². The molecule has 0 spiro atoms. The second kappa shape index (κ2) is 8.42. The van der Waals surface area contributed by atoms with Crippen molar-refractivity contribution in [1.82, 2.24) is 9.97 Å². The first-order valence-corrected chi connectivity index (χ1v) is 10.1. The van der Waals surface area contributed by atoms with E-state index in [9.17, 15) is 10.1 Å².